The molecular formula is C35H35N7O2. The van der Waals surface area contributed by atoms with E-state index in [-0.39, 0.29) is 5.56 Å². The zero-order valence-corrected chi connectivity index (χ0v) is 25.1. The number of hydrogen-bond acceptors (Lipinski definition) is 7. The van der Waals surface area contributed by atoms with E-state index >= 15 is 0 Å². The standard InChI is InChI=1S/C35H35N7O2/c1-24-18-25(2)30-20-31(35(43)37-32(30)19-24)33(34-38-39-40-42(34)17-15-26-8-5-4-6-9-26)41(23-28-10-7-16-36-21-28)22-27-11-13-29(44-3)14-12-27/h4-14,16,18-21,33H,15,17,22-23H2,1-3H3,(H,37,43). The van der Waals surface area contributed by atoms with Crippen LogP contribution in [0.1, 0.15) is 45.2 Å². The van der Waals surface area contributed by atoms with E-state index in [1.807, 2.05) is 84.5 Å². The minimum atomic E-state index is -0.558. The Labute approximate surface area is 256 Å². The van der Waals surface area contributed by atoms with Crippen molar-refractivity contribution in [1.29, 1.82) is 0 Å². The van der Waals surface area contributed by atoms with Crippen LogP contribution in [0.2, 0.25) is 0 Å². The van der Waals surface area contributed by atoms with Crippen LogP contribution in [0.4, 0.5) is 0 Å². The minimum Gasteiger partial charge on any atom is -0.497 e. The van der Waals surface area contributed by atoms with E-state index in [0.29, 0.717) is 31.0 Å². The number of pyridine rings is 2. The Morgan fingerprint density at radius 1 is 0.909 bits per heavy atom. The van der Waals surface area contributed by atoms with Gasteiger partial charge in [0.15, 0.2) is 5.82 Å². The van der Waals surface area contributed by atoms with E-state index in [2.05, 4.69) is 55.5 Å². The number of nitrogens with zero attached hydrogens (tertiary/aromatic N) is 6. The van der Waals surface area contributed by atoms with Gasteiger partial charge >= 0.3 is 0 Å². The lowest BCUT2D eigenvalue weighted by molar-refractivity contribution is 0.193. The van der Waals surface area contributed by atoms with Gasteiger partial charge in [-0.1, -0.05) is 54.6 Å². The molecule has 3 aromatic heterocycles. The summed E-state index contributed by atoms with van der Waals surface area (Å²) in [6, 6.07) is 27.8. The number of aromatic nitrogens is 6. The molecule has 0 saturated heterocycles. The van der Waals surface area contributed by atoms with Gasteiger partial charge in [-0.05, 0) is 88.8 Å². The number of benzene rings is 3. The third kappa shape index (κ3) is 6.43. The molecule has 44 heavy (non-hydrogen) atoms. The summed E-state index contributed by atoms with van der Waals surface area (Å²) < 4.78 is 7.23. The summed E-state index contributed by atoms with van der Waals surface area (Å²) in [5.74, 6) is 1.39. The maximum atomic E-state index is 14.0. The number of ether oxygens (including phenoxy) is 1. The predicted octanol–water partition coefficient (Wildman–Crippen LogP) is 5.57. The summed E-state index contributed by atoms with van der Waals surface area (Å²) in [5, 5.41) is 14.1. The fraction of sp³-hybridized carbons (Fsp3) is 0.229. The SMILES string of the molecule is COc1ccc(CN(Cc2cccnc2)C(c2cc3c(C)cc(C)cc3[nH]c2=O)c2nnnn2CCc2ccccc2)cc1. The molecule has 0 aliphatic heterocycles. The van der Waals surface area contributed by atoms with Crippen LogP contribution in [0, 0.1) is 13.8 Å². The van der Waals surface area contributed by atoms with Gasteiger partial charge in [-0.25, -0.2) is 4.68 Å². The first-order chi connectivity index (χ1) is 21.5. The molecule has 6 rings (SSSR count). The van der Waals surface area contributed by atoms with Crippen molar-refractivity contribution in [2.24, 2.45) is 0 Å². The van der Waals surface area contributed by atoms with Crippen LogP contribution >= 0.6 is 0 Å². The van der Waals surface area contributed by atoms with Crippen molar-refractivity contribution in [1.82, 2.24) is 35.1 Å². The van der Waals surface area contributed by atoms with Crippen molar-refractivity contribution in [3.05, 3.63) is 147 Å². The first-order valence-corrected chi connectivity index (χ1v) is 14.7. The van der Waals surface area contributed by atoms with Gasteiger partial charge in [0, 0.05) is 48.5 Å². The number of rotatable bonds is 11. The second-order valence-electron chi connectivity index (χ2n) is 11.1. The van der Waals surface area contributed by atoms with Gasteiger partial charge in [0.05, 0.1) is 7.11 Å². The van der Waals surface area contributed by atoms with Crippen LogP contribution in [0.25, 0.3) is 10.9 Å². The Bertz CT molecular complexity index is 1900. The van der Waals surface area contributed by atoms with Crippen LogP contribution < -0.4 is 10.3 Å². The number of H-pyrrole nitrogens is 1. The number of aryl methyl sites for hydroxylation is 4. The summed E-state index contributed by atoms with van der Waals surface area (Å²) >= 11 is 0. The van der Waals surface area contributed by atoms with Crippen LogP contribution in [0.3, 0.4) is 0 Å². The third-order valence-electron chi connectivity index (χ3n) is 7.91. The first kappa shape index (κ1) is 28.9. The van der Waals surface area contributed by atoms with Gasteiger partial charge in [0.25, 0.3) is 5.56 Å². The molecule has 0 aliphatic rings. The predicted molar refractivity (Wildman–Crippen MR) is 170 cm³/mol. The zero-order chi connectivity index (χ0) is 30.5. The van der Waals surface area contributed by atoms with Crippen molar-refractivity contribution in [2.75, 3.05) is 7.11 Å². The van der Waals surface area contributed by atoms with Gasteiger partial charge in [-0.2, -0.15) is 0 Å². The molecule has 0 radical (unpaired) electrons. The summed E-state index contributed by atoms with van der Waals surface area (Å²) in [4.78, 5) is 23.8. The number of hydrogen-bond donors (Lipinski definition) is 1. The van der Waals surface area contributed by atoms with Gasteiger partial charge < -0.3 is 9.72 Å². The fourth-order valence-corrected chi connectivity index (χ4v) is 5.77. The Hall–Kier alpha value is -5.15. The molecule has 3 heterocycles. The lowest BCUT2D eigenvalue weighted by Crippen LogP contribution is -2.35. The summed E-state index contributed by atoms with van der Waals surface area (Å²) in [7, 11) is 1.66. The second-order valence-corrected chi connectivity index (χ2v) is 11.1. The Balaban J connectivity index is 1.50. The Morgan fingerprint density at radius 3 is 2.43 bits per heavy atom. The molecule has 0 spiro atoms. The van der Waals surface area contributed by atoms with E-state index in [4.69, 9.17) is 4.74 Å². The van der Waals surface area contributed by atoms with Crippen molar-refractivity contribution in [3.63, 3.8) is 0 Å². The van der Waals surface area contributed by atoms with Crippen molar-refractivity contribution in [2.45, 2.75) is 45.9 Å². The highest BCUT2D eigenvalue weighted by Gasteiger charge is 2.31. The maximum absolute atomic E-state index is 14.0. The minimum absolute atomic E-state index is 0.170. The van der Waals surface area contributed by atoms with Crippen molar-refractivity contribution < 1.29 is 4.74 Å². The maximum Gasteiger partial charge on any atom is 0.253 e. The second kappa shape index (κ2) is 13.0. The molecule has 0 bridgehead atoms. The summed E-state index contributed by atoms with van der Waals surface area (Å²) in [5.41, 5.74) is 6.67. The van der Waals surface area contributed by atoms with Crippen LogP contribution in [-0.4, -0.2) is 42.2 Å². The highest BCUT2D eigenvalue weighted by Crippen LogP contribution is 2.31. The van der Waals surface area contributed by atoms with Gasteiger partial charge in [-0.15, -0.1) is 5.10 Å². The molecule has 9 heteroatoms. The molecule has 222 valence electrons. The average Bonchev–Trinajstić information content (AvgIpc) is 3.50. The normalized spacial score (nSPS) is 12.1. The lowest BCUT2D eigenvalue weighted by Gasteiger charge is -2.31. The summed E-state index contributed by atoms with van der Waals surface area (Å²) in [6.07, 6.45) is 4.37. The monoisotopic (exact) mass is 585 g/mol. The molecule has 3 aromatic carbocycles. The molecule has 0 aliphatic carbocycles. The number of aromatic amines is 1. The van der Waals surface area contributed by atoms with Crippen molar-refractivity contribution >= 4 is 10.9 Å². The number of tetrazole rings is 1. The number of fused-ring (bicyclic) bond motifs is 1. The molecular weight excluding hydrogens is 550 g/mol. The summed E-state index contributed by atoms with van der Waals surface area (Å²) in [6.45, 7) is 5.71. The molecule has 0 fully saturated rings. The Kier molecular flexibility index (Phi) is 8.56. The van der Waals surface area contributed by atoms with Crippen molar-refractivity contribution in [3.8, 4) is 5.75 Å². The molecule has 1 unspecified atom stereocenters. The Morgan fingerprint density at radius 2 is 1.68 bits per heavy atom. The number of nitrogens with one attached hydrogen (secondary N) is 1. The lowest BCUT2D eigenvalue weighted by atomic mass is 9.99. The molecule has 9 nitrogen and oxygen atoms in total. The van der Waals surface area contributed by atoms with E-state index in [1.54, 1.807) is 13.3 Å². The quantitative estimate of drug-likeness (QED) is 0.212. The topological polar surface area (TPSA) is 102 Å². The fourth-order valence-electron chi connectivity index (χ4n) is 5.77. The average molecular weight is 586 g/mol. The van der Waals surface area contributed by atoms with Crippen LogP contribution in [0.5, 0.6) is 5.75 Å². The number of methoxy groups -OCH3 is 1. The zero-order valence-electron chi connectivity index (χ0n) is 25.1. The van der Waals surface area contributed by atoms with E-state index < -0.39 is 6.04 Å². The van der Waals surface area contributed by atoms with E-state index in [0.717, 1.165) is 45.3 Å². The molecule has 1 atom stereocenters. The molecule has 0 saturated carbocycles. The largest absolute Gasteiger partial charge is 0.497 e. The molecule has 6 aromatic rings. The van der Waals surface area contributed by atoms with Gasteiger partial charge in [-0.3, -0.25) is 14.7 Å². The molecule has 1 N–H and O–H groups in total. The third-order valence-corrected chi connectivity index (χ3v) is 7.91. The van der Waals surface area contributed by atoms with Gasteiger partial charge in [0.1, 0.15) is 11.8 Å². The van der Waals surface area contributed by atoms with E-state index in [1.165, 1.54) is 5.56 Å². The van der Waals surface area contributed by atoms with E-state index in [9.17, 15) is 4.79 Å². The highest BCUT2D eigenvalue weighted by molar-refractivity contribution is 5.83. The smallest absolute Gasteiger partial charge is 0.253 e. The van der Waals surface area contributed by atoms with Gasteiger partial charge in [0.2, 0.25) is 0 Å². The van der Waals surface area contributed by atoms with Crippen LogP contribution in [-0.2, 0) is 26.1 Å². The molecule has 0 amide bonds. The highest BCUT2D eigenvalue weighted by atomic mass is 16.5. The van der Waals surface area contributed by atoms with Crippen LogP contribution in [0.15, 0.2) is 102 Å². The first-order valence-electron chi connectivity index (χ1n) is 14.7.